The summed E-state index contributed by atoms with van der Waals surface area (Å²) in [6.07, 6.45) is 19.5. The number of carbonyl (C=O) groups excluding carboxylic acids is 1. The predicted molar refractivity (Wildman–Crippen MR) is 214 cm³/mol. The molecule has 0 saturated carbocycles. The minimum Gasteiger partial charge on any atom is -0.465 e. The lowest BCUT2D eigenvalue weighted by atomic mass is 10.0. The Morgan fingerprint density at radius 2 is 1.37 bits per heavy atom. The van der Waals surface area contributed by atoms with E-state index in [9.17, 15) is 9.59 Å². The minimum atomic E-state index is -2.35. The summed E-state index contributed by atoms with van der Waals surface area (Å²) in [6, 6.07) is 22.9. The number of imidazole rings is 1. The van der Waals surface area contributed by atoms with Gasteiger partial charge in [-0.1, -0.05) is 176 Å². The summed E-state index contributed by atoms with van der Waals surface area (Å²) < 4.78 is 7.90. The number of ether oxygens (including phenoxy) is 1. The molecule has 2 aromatic heterocycles. The lowest BCUT2D eigenvalue weighted by Gasteiger charge is -2.45. The van der Waals surface area contributed by atoms with Gasteiger partial charge in [0, 0.05) is 18.9 Å². The molecule has 51 heavy (non-hydrogen) atoms. The molecule has 4 aromatic rings. The Balaban J connectivity index is 1.39. The van der Waals surface area contributed by atoms with Crippen molar-refractivity contribution in [1.82, 2.24) is 19.5 Å². The Labute approximate surface area is 307 Å². The third-order valence-electron chi connectivity index (χ3n) is 10.7. The number of hydrogen-bond acceptors (Lipinski definition) is 6. The van der Waals surface area contributed by atoms with Gasteiger partial charge < -0.3 is 15.0 Å². The van der Waals surface area contributed by atoms with Crippen molar-refractivity contribution >= 4 is 41.5 Å². The number of aromatic nitrogens is 4. The van der Waals surface area contributed by atoms with Gasteiger partial charge in [-0.3, -0.25) is 14.6 Å². The largest absolute Gasteiger partial charge is 0.465 e. The van der Waals surface area contributed by atoms with Crippen LogP contribution in [0.3, 0.4) is 0 Å². The van der Waals surface area contributed by atoms with Crippen LogP contribution >= 0.6 is 0 Å². The van der Waals surface area contributed by atoms with E-state index < -0.39 is 8.07 Å². The third-order valence-corrected chi connectivity index (χ3v) is 16.9. The first-order valence-electron chi connectivity index (χ1n) is 19.6. The average Bonchev–Trinajstić information content (AvgIpc) is 3.52. The van der Waals surface area contributed by atoms with E-state index in [1.807, 2.05) is 4.57 Å². The molecule has 0 saturated heterocycles. The summed E-state index contributed by atoms with van der Waals surface area (Å²) in [5.74, 6) is -0.0906. The second kappa shape index (κ2) is 20.4. The lowest BCUT2D eigenvalue weighted by Crippen LogP contribution is -2.64. The fourth-order valence-electron chi connectivity index (χ4n) is 7.74. The molecular formula is C42H63N5O3Si. The Bertz CT molecular complexity index is 1610. The molecule has 0 spiro atoms. The molecule has 1 atom stereocenters. The summed E-state index contributed by atoms with van der Waals surface area (Å²) in [4.78, 5) is 36.9. The molecule has 9 heteroatoms. The topological polar surface area (TPSA) is 116 Å². The number of nitrogens with two attached hydrogens (primary N) is 1. The number of benzene rings is 2. The number of nitrogens with one attached hydrogen (secondary N) is 1. The molecule has 0 bridgehead atoms. The molecule has 8 nitrogen and oxygen atoms in total. The SMILES string of the molecule is CCCCCCCCCCCCCCCC(=O)OC[C@H](CC[Si](c1ccccc1)(c1ccccc1)C(C)(C)C)Cn1cnc2c(=O)[nH]c(N)nc21. The van der Waals surface area contributed by atoms with Gasteiger partial charge >= 0.3 is 5.97 Å². The van der Waals surface area contributed by atoms with Crippen LogP contribution in [0.4, 0.5) is 5.95 Å². The summed E-state index contributed by atoms with van der Waals surface area (Å²) in [5.41, 5.74) is 6.28. The average molecular weight is 714 g/mol. The van der Waals surface area contributed by atoms with Crippen LogP contribution in [-0.2, 0) is 16.1 Å². The van der Waals surface area contributed by atoms with Crippen LogP contribution in [0.2, 0.25) is 11.1 Å². The quantitative estimate of drug-likeness (QED) is 0.0451. The van der Waals surface area contributed by atoms with Gasteiger partial charge in [-0.25, -0.2) is 4.98 Å². The summed E-state index contributed by atoms with van der Waals surface area (Å²) in [5, 5.41) is 2.81. The van der Waals surface area contributed by atoms with E-state index in [2.05, 4.69) is 103 Å². The number of aromatic amines is 1. The maximum absolute atomic E-state index is 13.0. The van der Waals surface area contributed by atoms with Crippen LogP contribution in [0.5, 0.6) is 0 Å². The number of carbonyl (C=O) groups is 1. The van der Waals surface area contributed by atoms with Crippen molar-refractivity contribution in [3.05, 3.63) is 77.3 Å². The minimum absolute atomic E-state index is 0.0101. The summed E-state index contributed by atoms with van der Waals surface area (Å²) in [6.45, 7) is 10.2. The number of esters is 1. The van der Waals surface area contributed by atoms with Gasteiger partial charge in [0.15, 0.2) is 11.2 Å². The van der Waals surface area contributed by atoms with E-state index >= 15 is 0 Å². The zero-order chi connectivity index (χ0) is 36.5. The summed E-state index contributed by atoms with van der Waals surface area (Å²) >= 11 is 0. The molecule has 0 radical (unpaired) electrons. The number of fused-ring (bicyclic) bond motifs is 1. The maximum Gasteiger partial charge on any atom is 0.305 e. The molecule has 2 heterocycles. The molecule has 0 fully saturated rings. The predicted octanol–water partition coefficient (Wildman–Crippen LogP) is 8.80. The van der Waals surface area contributed by atoms with Crippen LogP contribution in [0.1, 0.15) is 124 Å². The van der Waals surface area contributed by atoms with Crippen LogP contribution < -0.4 is 21.7 Å². The number of nitrogen functional groups attached to an aromatic ring is 1. The van der Waals surface area contributed by atoms with Crippen molar-refractivity contribution in [2.45, 2.75) is 142 Å². The van der Waals surface area contributed by atoms with Crippen molar-refractivity contribution in [3.63, 3.8) is 0 Å². The van der Waals surface area contributed by atoms with E-state index in [1.54, 1.807) is 6.33 Å². The Morgan fingerprint density at radius 3 is 1.90 bits per heavy atom. The number of anilines is 1. The smallest absolute Gasteiger partial charge is 0.305 e. The Hall–Kier alpha value is -3.72. The van der Waals surface area contributed by atoms with E-state index in [0.29, 0.717) is 25.2 Å². The highest BCUT2D eigenvalue weighted by atomic mass is 28.3. The highest BCUT2D eigenvalue weighted by Crippen LogP contribution is 2.40. The van der Waals surface area contributed by atoms with Crippen molar-refractivity contribution in [1.29, 1.82) is 0 Å². The Morgan fingerprint density at radius 1 is 0.843 bits per heavy atom. The van der Waals surface area contributed by atoms with Crippen molar-refractivity contribution in [2.24, 2.45) is 5.92 Å². The van der Waals surface area contributed by atoms with Crippen molar-refractivity contribution in [2.75, 3.05) is 12.3 Å². The van der Waals surface area contributed by atoms with E-state index in [1.165, 1.54) is 81.0 Å². The van der Waals surface area contributed by atoms with Crippen LogP contribution in [0.25, 0.3) is 11.2 Å². The zero-order valence-electron chi connectivity index (χ0n) is 31.8. The lowest BCUT2D eigenvalue weighted by molar-refractivity contribution is -0.145. The van der Waals surface area contributed by atoms with E-state index in [-0.39, 0.29) is 33.9 Å². The van der Waals surface area contributed by atoms with Gasteiger partial charge in [0.2, 0.25) is 5.95 Å². The first-order chi connectivity index (χ1) is 24.7. The molecule has 0 aliphatic rings. The molecule has 4 rings (SSSR count). The second-order valence-electron chi connectivity index (χ2n) is 15.5. The zero-order valence-corrected chi connectivity index (χ0v) is 32.8. The van der Waals surface area contributed by atoms with Crippen LogP contribution in [-0.4, -0.2) is 40.2 Å². The van der Waals surface area contributed by atoms with Crippen LogP contribution in [0.15, 0.2) is 71.8 Å². The monoisotopic (exact) mass is 713 g/mol. The molecule has 0 amide bonds. The number of unbranched alkanes of at least 4 members (excludes halogenated alkanes) is 12. The van der Waals surface area contributed by atoms with Gasteiger partial charge in [-0.2, -0.15) is 4.98 Å². The highest BCUT2D eigenvalue weighted by Gasteiger charge is 2.47. The molecule has 2 aromatic carbocycles. The fraction of sp³-hybridized carbons (Fsp3) is 0.571. The van der Waals surface area contributed by atoms with Crippen LogP contribution in [0, 0.1) is 5.92 Å². The normalized spacial score (nSPS) is 12.7. The number of hydrogen-bond donors (Lipinski definition) is 2. The maximum atomic E-state index is 13.0. The standard InChI is InChI=1S/C42H63N5O3Si/c1-5-6-7-8-9-10-11-12-13-14-15-16-23-28-37(48)50-32-34(31-47-33-44-38-39(47)45-41(43)46-40(38)49)29-30-51(42(2,3)4,35-24-19-17-20-25-35)36-26-21-18-22-27-36/h17-22,24-27,33-34H,5-16,23,28-32H2,1-4H3,(H3,43,45,46,49)/t34-/m1/s1. The van der Waals surface area contributed by atoms with Gasteiger partial charge in [0.25, 0.3) is 5.56 Å². The molecule has 0 aliphatic heterocycles. The van der Waals surface area contributed by atoms with Gasteiger partial charge in [-0.05, 0) is 23.9 Å². The first-order valence-corrected chi connectivity index (χ1v) is 21.8. The fourth-order valence-corrected chi connectivity index (χ4v) is 13.5. The molecular weight excluding hydrogens is 651 g/mol. The van der Waals surface area contributed by atoms with E-state index in [4.69, 9.17) is 10.5 Å². The number of H-pyrrole nitrogens is 1. The van der Waals surface area contributed by atoms with Crippen molar-refractivity contribution in [3.8, 4) is 0 Å². The van der Waals surface area contributed by atoms with Gasteiger partial charge in [0.1, 0.15) is 8.07 Å². The first kappa shape index (κ1) is 40.1. The van der Waals surface area contributed by atoms with Gasteiger partial charge in [-0.15, -0.1) is 0 Å². The van der Waals surface area contributed by atoms with Gasteiger partial charge in [0.05, 0.1) is 12.9 Å². The molecule has 0 aliphatic carbocycles. The third kappa shape index (κ3) is 11.6. The van der Waals surface area contributed by atoms with E-state index in [0.717, 1.165) is 25.3 Å². The highest BCUT2D eigenvalue weighted by molar-refractivity contribution is 7.04. The Kier molecular flexibility index (Phi) is 16.0. The molecule has 0 unspecified atom stereocenters. The summed E-state index contributed by atoms with van der Waals surface area (Å²) in [7, 11) is -2.35. The van der Waals surface area contributed by atoms with Crippen molar-refractivity contribution < 1.29 is 9.53 Å². The molecule has 3 N–H and O–H groups in total. The number of rotatable bonds is 23. The molecule has 278 valence electrons. The number of nitrogens with zero attached hydrogens (tertiary/aromatic N) is 3. The second-order valence-corrected chi connectivity index (χ2v) is 20.5.